The predicted molar refractivity (Wildman–Crippen MR) is 64.3 cm³/mol. The van der Waals surface area contributed by atoms with E-state index in [1.807, 2.05) is 13.8 Å². The SMILES string of the molecule is CC1CN(C(=O)c2ccc(F)c(F)c2)CC(C)N1. The summed E-state index contributed by atoms with van der Waals surface area (Å²) in [4.78, 5) is 13.8. The molecule has 1 fully saturated rings. The average Bonchev–Trinajstić information content (AvgIpc) is 2.30. The molecule has 1 heterocycles. The number of halogens is 2. The quantitative estimate of drug-likeness (QED) is 0.828. The standard InChI is InChI=1S/C13H16F2N2O/c1-8-6-17(7-9(2)16-8)13(18)10-3-4-11(14)12(15)5-10/h3-5,8-9,16H,6-7H2,1-2H3. The lowest BCUT2D eigenvalue weighted by Crippen LogP contribution is -2.55. The van der Waals surface area contributed by atoms with E-state index in [4.69, 9.17) is 0 Å². The van der Waals surface area contributed by atoms with Gasteiger partial charge < -0.3 is 10.2 Å². The Labute approximate surface area is 105 Å². The van der Waals surface area contributed by atoms with E-state index in [-0.39, 0.29) is 23.6 Å². The van der Waals surface area contributed by atoms with Crippen molar-refractivity contribution in [3.63, 3.8) is 0 Å². The number of piperazine rings is 1. The van der Waals surface area contributed by atoms with Crippen LogP contribution in [-0.2, 0) is 0 Å². The number of carbonyl (C=O) groups is 1. The summed E-state index contributed by atoms with van der Waals surface area (Å²) in [6, 6.07) is 3.65. The zero-order chi connectivity index (χ0) is 13.3. The van der Waals surface area contributed by atoms with E-state index in [0.717, 1.165) is 12.1 Å². The summed E-state index contributed by atoms with van der Waals surface area (Å²) in [5.74, 6) is -2.18. The minimum Gasteiger partial charge on any atom is -0.336 e. The lowest BCUT2D eigenvalue weighted by molar-refractivity contribution is 0.0673. The normalized spacial score (nSPS) is 24.1. The van der Waals surface area contributed by atoms with Crippen LogP contribution < -0.4 is 5.32 Å². The van der Waals surface area contributed by atoms with Crippen molar-refractivity contribution in [3.05, 3.63) is 35.4 Å². The number of hydrogen-bond acceptors (Lipinski definition) is 2. The highest BCUT2D eigenvalue weighted by Crippen LogP contribution is 2.13. The van der Waals surface area contributed by atoms with Crippen LogP contribution in [0.3, 0.4) is 0 Å². The van der Waals surface area contributed by atoms with Crippen molar-refractivity contribution >= 4 is 5.91 Å². The van der Waals surface area contributed by atoms with Gasteiger partial charge in [0.1, 0.15) is 0 Å². The van der Waals surface area contributed by atoms with E-state index >= 15 is 0 Å². The van der Waals surface area contributed by atoms with E-state index in [0.29, 0.717) is 13.1 Å². The maximum atomic E-state index is 13.1. The summed E-state index contributed by atoms with van der Waals surface area (Å²) in [6.07, 6.45) is 0. The van der Waals surface area contributed by atoms with Gasteiger partial charge in [-0.1, -0.05) is 0 Å². The zero-order valence-electron chi connectivity index (χ0n) is 10.4. The Morgan fingerprint density at radius 2 is 1.83 bits per heavy atom. The van der Waals surface area contributed by atoms with Gasteiger partial charge in [-0.25, -0.2) is 8.78 Å². The number of amides is 1. The number of carbonyl (C=O) groups excluding carboxylic acids is 1. The second-order valence-electron chi connectivity index (χ2n) is 4.81. The highest BCUT2D eigenvalue weighted by molar-refractivity contribution is 5.94. The molecule has 0 bridgehead atoms. The third kappa shape index (κ3) is 2.67. The number of hydrogen-bond donors (Lipinski definition) is 1. The van der Waals surface area contributed by atoms with Crippen LogP contribution in [0.5, 0.6) is 0 Å². The Hall–Kier alpha value is -1.49. The second kappa shape index (κ2) is 5.02. The molecule has 2 atom stereocenters. The van der Waals surface area contributed by atoms with Crippen LogP contribution in [-0.4, -0.2) is 36.0 Å². The molecule has 1 saturated heterocycles. The van der Waals surface area contributed by atoms with Crippen molar-refractivity contribution in [2.75, 3.05) is 13.1 Å². The Morgan fingerprint density at radius 3 is 2.39 bits per heavy atom. The molecule has 0 aliphatic carbocycles. The van der Waals surface area contributed by atoms with E-state index in [1.54, 1.807) is 4.90 Å². The molecule has 18 heavy (non-hydrogen) atoms. The molecule has 1 aliphatic heterocycles. The van der Waals surface area contributed by atoms with Crippen LogP contribution in [0.1, 0.15) is 24.2 Å². The molecule has 1 aromatic rings. The zero-order valence-corrected chi connectivity index (χ0v) is 10.4. The van der Waals surface area contributed by atoms with Crippen molar-refractivity contribution in [1.82, 2.24) is 10.2 Å². The fourth-order valence-corrected chi connectivity index (χ4v) is 2.30. The van der Waals surface area contributed by atoms with Crippen LogP contribution in [0.2, 0.25) is 0 Å². The van der Waals surface area contributed by atoms with E-state index < -0.39 is 11.6 Å². The summed E-state index contributed by atoms with van der Waals surface area (Å²) < 4.78 is 25.9. The Kier molecular flexibility index (Phi) is 3.61. The van der Waals surface area contributed by atoms with Crippen molar-refractivity contribution < 1.29 is 13.6 Å². The summed E-state index contributed by atoms with van der Waals surface area (Å²) in [6.45, 7) is 5.12. The van der Waals surface area contributed by atoms with E-state index in [1.165, 1.54) is 6.07 Å². The summed E-state index contributed by atoms with van der Waals surface area (Å²) >= 11 is 0. The van der Waals surface area contributed by atoms with Crippen molar-refractivity contribution in [2.24, 2.45) is 0 Å². The molecule has 3 nitrogen and oxygen atoms in total. The number of rotatable bonds is 1. The van der Waals surface area contributed by atoms with Gasteiger partial charge in [0.15, 0.2) is 11.6 Å². The van der Waals surface area contributed by atoms with Gasteiger partial charge in [0.25, 0.3) is 5.91 Å². The summed E-state index contributed by atoms with van der Waals surface area (Å²) in [7, 11) is 0. The summed E-state index contributed by atoms with van der Waals surface area (Å²) in [5.41, 5.74) is 0.190. The molecular weight excluding hydrogens is 238 g/mol. The maximum Gasteiger partial charge on any atom is 0.254 e. The molecule has 98 valence electrons. The van der Waals surface area contributed by atoms with Gasteiger partial charge in [0.05, 0.1) is 0 Å². The molecule has 5 heteroatoms. The first-order valence-corrected chi connectivity index (χ1v) is 5.97. The number of nitrogens with zero attached hydrogens (tertiary/aromatic N) is 1. The third-order valence-corrected chi connectivity index (χ3v) is 3.01. The van der Waals surface area contributed by atoms with Crippen molar-refractivity contribution in [3.8, 4) is 0 Å². The topological polar surface area (TPSA) is 32.3 Å². The molecule has 1 aromatic carbocycles. The minimum absolute atomic E-state index is 0.190. The van der Waals surface area contributed by atoms with Crippen LogP contribution in [0.15, 0.2) is 18.2 Å². The van der Waals surface area contributed by atoms with Crippen LogP contribution in [0.25, 0.3) is 0 Å². The Bertz CT molecular complexity index is 454. The third-order valence-electron chi connectivity index (χ3n) is 3.01. The highest BCUT2D eigenvalue weighted by Gasteiger charge is 2.25. The molecule has 1 N–H and O–H groups in total. The second-order valence-corrected chi connectivity index (χ2v) is 4.81. The number of nitrogens with one attached hydrogen (secondary N) is 1. The highest BCUT2D eigenvalue weighted by atomic mass is 19.2. The van der Waals surface area contributed by atoms with Gasteiger partial charge in [-0.05, 0) is 32.0 Å². The van der Waals surface area contributed by atoms with Gasteiger partial charge in [0.2, 0.25) is 0 Å². The van der Waals surface area contributed by atoms with E-state index in [9.17, 15) is 13.6 Å². The maximum absolute atomic E-state index is 13.1. The molecule has 0 radical (unpaired) electrons. The van der Waals surface area contributed by atoms with Gasteiger partial charge in [-0.2, -0.15) is 0 Å². The predicted octanol–water partition coefficient (Wildman–Crippen LogP) is 1.79. The van der Waals surface area contributed by atoms with Gasteiger partial charge in [-0.15, -0.1) is 0 Å². The minimum atomic E-state index is -0.989. The lowest BCUT2D eigenvalue weighted by atomic mass is 10.1. The van der Waals surface area contributed by atoms with Crippen molar-refractivity contribution in [2.45, 2.75) is 25.9 Å². The molecule has 1 amide bonds. The monoisotopic (exact) mass is 254 g/mol. The smallest absolute Gasteiger partial charge is 0.254 e. The first-order valence-electron chi connectivity index (χ1n) is 5.97. The first kappa shape index (κ1) is 13.0. The molecule has 0 spiro atoms. The van der Waals surface area contributed by atoms with Gasteiger partial charge in [-0.3, -0.25) is 4.79 Å². The lowest BCUT2D eigenvalue weighted by Gasteiger charge is -2.36. The average molecular weight is 254 g/mol. The molecule has 2 rings (SSSR count). The molecule has 0 saturated carbocycles. The van der Waals surface area contributed by atoms with Gasteiger partial charge >= 0.3 is 0 Å². The van der Waals surface area contributed by atoms with Gasteiger partial charge in [0, 0.05) is 30.7 Å². The summed E-state index contributed by atoms with van der Waals surface area (Å²) in [5, 5.41) is 3.31. The first-order chi connectivity index (χ1) is 8.47. The largest absolute Gasteiger partial charge is 0.336 e. The number of benzene rings is 1. The molecule has 0 aromatic heterocycles. The Balaban J connectivity index is 2.17. The molecular formula is C13H16F2N2O. The van der Waals surface area contributed by atoms with E-state index in [2.05, 4.69) is 5.32 Å². The van der Waals surface area contributed by atoms with Crippen LogP contribution >= 0.6 is 0 Å². The van der Waals surface area contributed by atoms with Crippen LogP contribution in [0, 0.1) is 11.6 Å². The fraction of sp³-hybridized carbons (Fsp3) is 0.462. The van der Waals surface area contributed by atoms with Crippen molar-refractivity contribution in [1.29, 1.82) is 0 Å². The Morgan fingerprint density at radius 1 is 1.22 bits per heavy atom. The van der Waals surface area contributed by atoms with Crippen LogP contribution in [0.4, 0.5) is 8.78 Å². The molecule has 1 aliphatic rings. The fourth-order valence-electron chi connectivity index (χ4n) is 2.30. The molecule has 2 unspecified atom stereocenters.